The SMILES string of the molecule is CCn1cc(C2CN(C(=O)c3c(C(C)C)n[nH]c3C)CCO2)cn1. The molecule has 1 unspecified atom stereocenters. The Morgan fingerprint density at radius 3 is 2.96 bits per heavy atom. The van der Waals surface area contributed by atoms with Gasteiger partial charge in [0.1, 0.15) is 6.10 Å². The predicted molar refractivity (Wildman–Crippen MR) is 89.9 cm³/mol. The number of amides is 1. The van der Waals surface area contributed by atoms with Crippen LogP contribution in [0.1, 0.15) is 60.1 Å². The second-order valence-electron chi connectivity index (χ2n) is 6.50. The molecule has 1 saturated heterocycles. The van der Waals surface area contributed by atoms with Crippen LogP contribution in [0.5, 0.6) is 0 Å². The third-order valence-electron chi connectivity index (χ3n) is 4.44. The quantitative estimate of drug-likeness (QED) is 0.932. The van der Waals surface area contributed by atoms with Crippen LogP contribution in [0.4, 0.5) is 0 Å². The Labute approximate surface area is 142 Å². The summed E-state index contributed by atoms with van der Waals surface area (Å²) in [5.41, 5.74) is 3.38. The van der Waals surface area contributed by atoms with Crippen LogP contribution in [-0.4, -0.2) is 50.5 Å². The Bertz CT molecular complexity index is 718. The van der Waals surface area contributed by atoms with Gasteiger partial charge in [0.15, 0.2) is 0 Å². The Hall–Kier alpha value is -2.15. The number of ether oxygens (including phenoxy) is 1. The van der Waals surface area contributed by atoms with Gasteiger partial charge in [-0.05, 0) is 19.8 Å². The number of hydrogen-bond acceptors (Lipinski definition) is 4. The van der Waals surface area contributed by atoms with Crippen LogP contribution in [0, 0.1) is 6.92 Å². The number of aryl methyl sites for hydroxylation is 2. The summed E-state index contributed by atoms with van der Waals surface area (Å²) in [4.78, 5) is 14.9. The molecule has 7 nitrogen and oxygen atoms in total. The molecule has 24 heavy (non-hydrogen) atoms. The van der Waals surface area contributed by atoms with Crippen molar-refractivity contribution in [2.45, 2.75) is 46.3 Å². The molecular formula is C17H25N5O2. The standard InChI is InChI=1S/C17H25N5O2/c1-5-22-9-13(8-18-22)14-10-21(6-7-24-14)17(23)15-12(4)19-20-16(15)11(2)3/h8-9,11,14H,5-7,10H2,1-4H3,(H,19,20). The number of carbonyl (C=O) groups excluding carboxylic acids is 1. The highest BCUT2D eigenvalue weighted by Gasteiger charge is 2.30. The van der Waals surface area contributed by atoms with E-state index in [2.05, 4.69) is 15.3 Å². The second kappa shape index (κ2) is 6.76. The summed E-state index contributed by atoms with van der Waals surface area (Å²) in [7, 11) is 0. The molecule has 1 aliphatic rings. The Morgan fingerprint density at radius 1 is 1.50 bits per heavy atom. The van der Waals surface area contributed by atoms with Gasteiger partial charge in [-0.25, -0.2) is 0 Å². The average molecular weight is 331 g/mol. The maximum absolute atomic E-state index is 13.0. The fraction of sp³-hybridized carbons (Fsp3) is 0.588. The van der Waals surface area contributed by atoms with Gasteiger partial charge in [-0.15, -0.1) is 0 Å². The molecule has 3 rings (SSSR count). The van der Waals surface area contributed by atoms with Gasteiger partial charge in [0, 0.05) is 30.5 Å². The molecule has 7 heteroatoms. The third-order valence-corrected chi connectivity index (χ3v) is 4.44. The zero-order valence-corrected chi connectivity index (χ0v) is 14.7. The fourth-order valence-corrected chi connectivity index (χ4v) is 3.05. The van der Waals surface area contributed by atoms with Crippen molar-refractivity contribution < 1.29 is 9.53 Å². The van der Waals surface area contributed by atoms with Crippen LogP contribution in [0.25, 0.3) is 0 Å². The summed E-state index contributed by atoms with van der Waals surface area (Å²) < 4.78 is 7.73. The molecule has 1 N–H and O–H groups in total. The van der Waals surface area contributed by atoms with Gasteiger partial charge in [0.25, 0.3) is 5.91 Å². The Kier molecular flexibility index (Phi) is 4.71. The lowest BCUT2D eigenvalue weighted by Gasteiger charge is -2.32. The van der Waals surface area contributed by atoms with Gasteiger partial charge >= 0.3 is 0 Å². The second-order valence-corrected chi connectivity index (χ2v) is 6.50. The van der Waals surface area contributed by atoms with Crippen molar-refractivity contribution in [1.29, 1.82) is 0 Å². The topological polar surface area (TPSA) is 76.0 Å². The highest BCUT2D eigenvalue weighted by Crippen LogP contribution is 2.26. The molecule has 3 heterocycles. The molecule has 0 radical (unpaired) electrons. The maximum atomic E-state index is 13.0. The minimum absolute atomic E-state index is 0.0288. The molecule has 1 atom stereocenters. The monoisotopic (exact) mass is 331 g/mol. The number of hydrogen-bond donors (Lipinski definition) is 1. The first kappa shape index (κ1) is 16.7. The number of nitrogens with zero attached hydrogens (tertiary/aromatic N) is 4. The van der Waals surface area contributed by atoms with Crippen molar-refractivity contribution in [1.82, 2.24) is 24.9 Å². The summed E-state index contributed by atoms with van der Waals surface area (Å²) in [5.74, 6) is 0.231. The van der Waals surface area contributed by atoms with E-state index in [1.165, 1.54) is 0 Å². The van der Waals surface area contributed by atoms with Crippen LogP contribution >= 0.6 is 0 Å². The molecule has 1 fully saturated rings. The zero-order chi connectivity index (χ0) is 17.3. The van der Waals surface area contributed by atoms with Crippen molar-refractivity contribution >= 4 is 5.91 Å². The number of aromatic amines is 1. The van der Waals surface area contributed by atoms with Crippen LogP contribution in [0.2, 0.25) is 0 Å². The number of morpholine rings is 1. The van der Waals surface area contributed by atoms with E-state index in [0.29, 0.717) is 25.3 Å². The number of aromatic nitrogens is 4. The number of rotatable bonds is 4. The van der Waals surface area contributed by atoms with E-state index in [4.69, 9.17) is 4.74 Å². The minimum atomic E-state index is -0.127. The summed E-state index contributed by atoms with van der Waals surface area (Å²) in [5, 5.41) is 11.6. The summed E-state index contributed by atoms with van der Waals surface area (Å²) in [6, 6.07) is 0. The molecule has 0 aromatic carbocycles. The molecule has 1 aliphatic heterocycles. The summed E-state index contributed by atoms with van der Waals surface area (Å²) in [6.45, 7) is 10.5. The molecule has 1 amide bonds. The van der Waals surface area contributed by atoms with E-state index in [1.54, 1.807) is 0 Å². The van der Waals surface area contributed by atoms with Crippen LogP contribution in [0.15, 0.2) is 12.4 Å². The molecule has 0 bridgehead atoms. The number of H-pyrrole nitrogens is 1. The Balaban J connectivity index is 1.79. The van der Waals surface area contributed by atoms with Gasteiger partial charge in [0.05, 0.1) is 30.6 Å². The first-order chi connectivity index (χ1) is 11.5. The van der Waals surface area contributed by atoms with E-state index < -0.39 is 0 Å². The lowest BCUT2D eigenvalue weighted by molar-refractivity contribution is -0.0229. The normalized spacial score (nSPS) is 18.4. The van der Waals surface area contributed by atoms with E-state index in [1.807, 2.05) is 49.7 Å². The largest absolute Gasteiger partial charge is 0.370 e. The minimum Gasteiger partial charge on any atom is -0.370 e. The molecule has 0 aliphatic carbocycles. The van der Waals surface area contributed by atoms with Crippen molar-refractivity contribution in [3.63, 3.8) is 0 Å². The lowest BCUT2D eigenvalue weighted by atomic mass is 10.0. The van der Waals surface area contributed by atoms with Crippen LogP contribution in [-0.2, 0) is 11.3 Å². The number of carbonyl (C=O) groups is 1. The fourth-order valence-electron chi connectivity index (χ4n) is 3.05. The van der Waals surface area contributed by atoms with Crippen molar-refractivity contribution in [2.24, 2.45) is 0 Å². The maximum Gasteiger partial charge on any atom is 0.257 e. The van der Waals surface area contributed by atoms with E-state index >= 15 is 0 Å². The van der Waals surface area contributed by atoms with Gasteiger partial charge in [0.2, 0.25) is 0 Å². The van der Waals surface area contributed by atoms with Gasteiger partial charge < -0.3 is 9.64 Å². The van der Waals surface area contributed by atoms with E-state index in [9.17, 15) is 4.79 Å². The third kappa shape index (κ3) is 3.08. The predicted octanol–water partition coefficient (Wildman–Crippen LogP) is 2.27. The van der Waals surface area contributed by atoms with Crippen molar-refractivity contribution in [2.75, 3.05) is 19.7 Å². The molecular weight excluding hydrogens is 306 g/mol. The number of nitrogens with one attached hydrogen (secondary N) is 1. The molecule has 2 aromatic heterocycles. The van der Waals surface area contributed by atoms with Crippen molar-refractivity contribution in [3.05, 3.63) is 34.9 Å². The van der Waals surface area contributed by atoms with E-state index in [0.717, 1.165) is 23.5 Å². The van der Waals surface area contributed by atoms with Crippen molar-refractivity contribution in [3.8, 4) is 0 Å². The highest BCUT2D eigenvalue weighted by atomic mass is 16.5. The first-order valence-electron chi connectivity index (χ1n) is 8.49. The first-order valence-corrected chi connectivity index (χ1v) is 8.49. The highest BCUT2D eigenvalue weighted by molar-refractivity contribution is 5.96. The van der Waals surface area contributed by atoms with Gasteiger partial charge in [-0.1, -0.05) is 13.8 Å². The molecule has 0 saturated carbocycles. The van der Waals surface area contributed by atoms with E-state index in [-0.39, 0.29) is 17.9 Å². The summed E-state index contributed by atoms with van der Waals surface area (Å²) in [6.07, 6.45) is 3.68. The van der Waals surface area contributed by atoms with Gasteiger partial charge in [-0.3, -0.25) is 14.6 Å². The zero-order valence-electron chi connectivity index (χ0n) is 14.7. The molecule has 130 valence electrons. The Morgan fingerprint density at radius 2 is 2.29 bits per heavy atom. The van der Waals surface area contributed by atoms with Crippen LogP contribution < -0.4 is 0 Å². The van der Waals surface area contributed by atoms with Crippen LogP contribution in [0.3, 0.4) is 0 Å². The smallest absolute Gasteiger partial charge is 0.257 e. The summed E-state index contributed by atoms with van der Waals surface area (Å²) >= 11 is 0. The lowest BCUT2D eigenvalue weighted by Crippen LogP contribution is -2.42. The molecule has 0 spiro atoms. The average Bonchev–Trinajstić information content (AvgIpc) is 3.21. The molecule has 2 aromatic rings. The van der Waals surface area contributed by atoms with Gasteiger partial charge in [-0.2, -0.15) is 10.2 Å².